The Bertz CT molecular complexity index is 1480. The van der Waals surface area contributed by atoms with Gasteiger partial charge in [0.25, 0.3) is 0 Å². The largest absolute Gasteiger partial charge is 0.416 e. The maximum absolute atomic E-state index is 14.1. The van der Waals surface area contributed by atoms with Gasteiger partial charge in [0, 0.05) is 37.5 Å². The lowest BCUT2D eigenvalue weighted by molar-refractivity contribution is -0.142. The van der Waals surface area contributed by atoms with E-state index in [2.05, 4.69) is 10.6 Å². The van der Waals surface area contributed by atoms with Crippen LogP contribution >= 0.6 is 0 Å². The Morgan fingerprint density at radius 1 is 1.08 bits per heavy atom. The van der Waals surface area contributed by atoms with Crippen molar-refractivity contribution in [1.82, 2.24) is 10.6 Å². The van der Waals surface area contributed by atoms with E-state index in [0.717, 1.165) is 23.1 Å². The van der Waals surface area contributed by atoms with Gasteiger partial charge in [-0.05, 0) is 55.2 Å². The third-order valence-electron chi connectivity index (χ3n) is 7.06. The maximum Gasteiger partial charge on any atom is 0.416 e. The van der Waals surface area contributed by atoms with E-state index in [9.17, 15) is 36.0 Å². The van der Waals surface area contributed by atoms with Crippen LogP contribution in [-0.4, -0.2) is 46.0 Å². The lowest BCUT2D eigenvalue weighted by atomic mass is 9.71. The number of benzene rings is 2. The van der Waals surface area contributed by atoms with Gasteiger partial charge in [-0.25, -0.2) is 8.42 Å². The lowest BCUT2D eigenvalue weighted by Gasteiger charge is -2.41. The number of alkyl halides is 3. The van der Waals surface area contributed by atoms with Crippen LogP contribution < -0.4 is 15.5 Å². The number of nitrogens with one attached hydrogen (secondary N) is 2. The van der Waals surface area contributed by atoms with Crippen molar-refractivity contribution < 1.29 is 36.0 Å². The van der Waals surface area contributed by atoms with E-state index in [1.54, 1.807) is 6.07 Å². The molecule has 1 atom stereocenters. The second kappa shape index (κ2) is 9.57. The normalized spacial score (nSPS) is 20.8. The fourth-order valence-electron chi connectivity index (χ4n) is 5.11. The van der Waals surface area contributed by atoms with Crippen LogP contribution in [-0.2, 0) is 43.2 Å². The molecule has 0 saturated heterocycles. The number of likely N-dealkylation sites (N-methyl/N-ethyl adjacent to an activating group) is 1. The zero-order valence-corrected chi connectivity index (χ0v) is 21.7. The number of anilines is 1. The van der Waals surface area contributed by atoms with Crippen LogP contribution in [0.4, 0.5) is 18.9 Å². The van der Waals surface area contributed by atoms with Crippen molar-refractivity contribution in [1.29, 1.82) is 0 Å². The van der Waals surface area contributed by atoms with Crippen LogP contribution in [0.3, 0.4) is 0 Å². The summed E-state index contributed by atoms with van der Waals surface area (Å²) in [5.41, 5.74) is -1.81. The molecule has 12 heteroatoms. The molecule has 2 heterocycles. The summed E-state index contributed by atoms with van der Waals surface area (Å²) in [5.74, 6) is -2.14. The van der Waals surface area contributed by atoms with Crippen molar-refractivity contribution in [3.8, 4) is 0 Å². The molecule has 2 aliphatic rings. The summed E-state index contributed by atoms with van der Waals surface area (Å²) >= 11 is 0. The van der Waals surface area contributed by atoms with Gasteiger partial charge in [-0.3, -0.25) is 19.3 Å². The van der Waals surface area contributed by atoms with Crippen molar-refractivity contribution in [2.24, 2.45) is 5.41 Å². The first-order valence-electron chi connectivity index (χ1n) is 11.8. The number of allylic oxidation sites excluding steroid dienone is 1. The molecule has 2 aliphatic heterocycles. The van der Waals surface area contributed by atoms with Gasteiger partial charge in [0.2, 0.25) is 17.7 Å². The van der Waals surface area contributed by atoms with Gasteiger partial charge in [0.15, 0.2) is 9.84 Å². The monoisotopic (exact) mass is 549 g/mol. The van der Waals surface area contributed by atoms with Gasteiger partial charge in [0.1, 0.15) is 5.41 Å². The lowest BCUT2D eigenvalue weighted by Crippen LogP contribution is -2.57. The Morgan fingerprint density at radius 3 is 2.42 bits per heavy atom. The Kier molecular flexibility index (Phi) is 6.89. The van der Waals surface area contributed by atoms with Crippen LogP contribution in [0.15, 0.2) is 58.6 Å². The summed E-state index contributed by atoms with van der Waals surface area (Å²) in [5, 5.41) is 4.95. The molecule has 8 nitrogen and oxygen atoms in total. The summed E-state index contributed by atoms with van der Waals surface area (Å²) in [7, 11) is -0.704. The number of aryl methyl sites for hydroxylation is 1. The van der Waals surface area contributed by atoms with Crippen LogP contribution in [0.1, 0.15) is 30.0 Å². The van der Waals surface area contributed by atoms with Crippen molar-refractivity contribution in [2.45, 2.75) is 37.3 Å². The van der Waals surface area contributed by atoms with Crippen LogP contribution in [0.25, 0.3) is 0 Å². The summed E-state index contributed by atoms with van der Waals surface area (Å²) in [6, 6.07) is 8.68. The summed E-state index contributed by atoms with van der Waals surface area (Å²) in [6.07, 6.45) is -4.91. The van der Waals surface area contributed by atoms with Gasteiger partial charge < -0.3 is 10.6 Å². The average Bonchev–Trinajstić information content (AvgIpc) is 3.18. The molecule has 38 heavy (non-hydrogen) atoms. The highest BCUT2D eigenvalue weighted by molar-refractivity contribution is 7.91. The van der Waals surface area contributed by atoms with E-state index < -0.39 is 44.7 Å². The molecule has 2 aromatic carbocycles. The van der Waals surface area contributed by atoms with E-state index in [0.29, 0.717) is 11.1 Å². The molecule has 0 spiro atoms. The molecule has 0 bridgehead atoms. The van der Waals surface area contributed by atoms with Gasteiger partial charge >= 0.3 is 6.18 Å². The van der Waals surface area contributed by atoms with E-state index in [-0.39, 0.29) is 46.9 Å². The fraction of sp³-hybridized carbons (Fsp3) is 0.346. The molecular formula is C26H26F3N3O5S. The number of carbonyl (C=O) groups excluding carboxylic acids is 3. The maximum atomic E-state index is 14.1. The summed E-state index contributed by atoms with van der Waals surface area (Å²) in [4.78, 5) is 41.6. The number of hydrogen-bond donors (Lipinski definition) is 2. The number of carbonyl (C=O) groups is 3. The third kappa shape index (κ3) is 4.57. The number of halogens is 3. The number of sulfone groups is 1. The number of hydrogen-bond acceptors (Lipinski definition) is 5. The van der Waals surface area contributed by atoms with Crippen LogP contribution in [0.2, 0.25) is 0 Å². The standard InChI is InChI=1S/C26H26F3N3O5S/c1-15-20(22(33)30-2)14-25(23(34)31-3,13-16-7-8-21-17(11-16)9-10-38(21,36)37)24(35)32(15)19-6-4-5-18(12-19)26(27,28)29/h4-8,11-12H,9-10,13-14H2,1-3H3,(H,30,33)(H,31,34). The van der Waals surface area contributed by atoms with Crippen molar-refractivity contribution in [3.05, 3.63) is 70.4 Å². The average molecular weight is 550 g/mol. The Labute approximate surface area is 217 Å². The van der Waals surface area contributed by atoms with Gasteiger partial charge in [-0.2, -0.15) is 13.2 Å². The van der Waals surface area contributed by atoms with Crippen LogP contribution in [0, 0.1) is 5.41 Å². The molecule has 0 radical (unpaired) electrons. The highest BCUT2D eigenvalue weighted by atomic mass is 32.2. The molecular weight excluding hydrogens is 523 g/mol. The van der Waals surface area contributed by atoms with Crippen molar-refractivity contribution >= 4 is 33.2 Å². The topological polar surface area (TPSA) is 113 Å². The minimum absolute atomic E-state index is 0.0443. The number of fused-ring (bicyclic) bond motifs is 1. The molecule has 1 unspecified atom stereocenters. The molecule has 202 valence electrons. The molecule has 0 fully saturated rings. The van der Waals surface area contributed by atoms with Crippen molar-refractivity contribution in [3.63, 3.8) is 0 Å². The highest BCUT2D eigenvalue weighted by Crippen LogP contribution is 2.43. The first-order chi connectivity index (χ1) is 17.7. The van der Waals surface area contributed by atoms with E-state index in [1.165, 1.54) is 39.2 Å². The predicted octanol–water partition coefficient (Wildman–Crippen LogP) is 2.77. The van der Waals surface area contributed by atoms with Gasteiger partial charge in [0.05, 0.1) is 16.2 Å². The highest BCUT2D eigenvalue weighted by Gasteiger charge is 2.53. The van der Waals surface area contributed by atoms with Crippen molar-refractivity contribution in [2.75, 3.05) is 24.7 Å². The Morgan fingerprint density at radius 2 is 1.79 bits per heavy atom. The quantitative estimate of drug-likeness (QED) is 0.557. The molecule has 0 aromatic heterocycles. The molecule has 2 aromatic rings. The fourth-order valence-corrected chi connectivity index (χ4v) is 6.66. The second-order valence-electron chi connectivity index (χ2n) is 9.36. The molecule has 0 aliphatic carbocycles. The third-order valence-corrected chi connectivity index (χ3v) is 8.87. The molecule has 3 amide bonds. The summed E-state index contributed by atoms with van der Waals surface area (Å²) < 4.78 is 65.0. The first kappa shape index (κ1) is 27.4. The SMILES string of the molecule is CNC(=O)C1=C(C)N(c2cccc(C(F)(F)F)c2)C(=O)C(Cc2ccc3c(c2)CCS3(=O)=O)(C(=O)NC)C1. The smallest absolute Gasteiger partial charge is 0.358 e. The molecule has 4 rings (SSSR count). The van der Waals surface area contributed by atoms with Gasteiger partial charge in [-0.15, -0.1) is 0 Å². The second-order valence-corrected chi connectivity index (χ2v) is 11.4. The van der Waals surface area contributed by atoms with E-state index >= 15 is 0 Å². The number of nitrogens with zero attached hydrogens (tertiary/aromatic N) is 1. The zero-order valence-electron chi connectivity index (χ0n) is 20.9. The van der Waals surface area contributed by atoms with E-state index in [1.807, 2.05) is 0 Å². The first-order valence-corrected chi connectivity index (χ1v) is 13.4. The molecule has 2 N–H and O–H groups in total. The number of amides is 3. The van der Waals surface area contributed by atoms with Crippen LogP contribution in [0.5, 0.6) is 0 Å². The van der Waals surface area contributed by atoms with Gasteiger partial charge in [-0.1, -0.05) is 18.2 Å². The molecule has 0 saturated carbocycles. The minimum Gasteiger partial charge on any atom is -0.358 e. The number of rotatable bonds is 5. The Hall–Kier alpha value is -3.67. The Balaban J connectivity index is 1.89. The van der Waals surface area contributed by atoms with E-state index in [4.69, 9.17) is 0 Å². The predicted molar refractivity (Wildman–Crippen MR) is 133 cm³/mol. The summed E-state index contributed by atoms with van der Waals surface area (Å²) in [6.45, 7) is 1.44. The zero-order chi connectivity index (χ0) is 28.0. The minimum atomic E-state index is -4.68.